The molecular weight excluding hydrogens is 328 g/mol. The summed E-state index contributed by atoms with van der Waals surface area (Å²) in [5.41, 5.74) is 2.28. The lowest BCUT2D eigenvalue weighted by molar-refractivity contribution is 0.171. The second-order valence-corrected chi connectivity index (χ2v) is 7.12. The molecule has 0 aromatic heterocycles. The highest BCUT2D eigenvalue weighted by Crippen LogP contribution is 2.30. The van der Waals surface area contributed by atoms with E-state index in [0.29, 0.717) is 30.4 Å². The van der Waals surface area contributed by atoms with Crippen molar-refractivity contribution in [2.24, 2.45) is 5.10 Å². The van der Waals surface area contributed by atoms with Gasteiger partial charge in [-0.25, -0.2) is 0 Å². The third-order valence-corrected chi connectivity index (χ3v) is 4.85. The van der Waals surface area contributed by atoms with Crippen LogP contribution < -0.4 is 14.3 Å². The van der Waals surface area contributed by atoms with Crippen molar-refractivity contribution in [1.82, 2.24) is 4.83 Å². The first kappa shape index (κ1) is 16.3. The molecule has 1 heterocycles. The van der Waals surface area contributed by atoms with E-state index in [2.05, 4.69) is 9.93 Å². The fraction of sp³-hybridized carbons (Fsp3) is 0.235. The number of rotatable bonds is 4. The zero-order chi connectivity index (χ0) is 17.2. The number of hydrogen-bond acceptors (Lipinski definition) is 5. The van der Waals surface area contributed by atoms with Gasteiger partial charge in [-0.05, 0) is 44.2 Å². The first-order chi connectivity index (χ1) is 11.5. The van der Waals surface area contributed by atoms with Gasteiger partial charge in [0.15, 0.2) is 11.5 Å². The van der Waals surface area contributed by atoms with Crippen LogP contribution in [-0.2, 0) is 10.0 Å². The Hall–Kier alpha value is -2.54. The minimum absolute atomic E-state index is 0.173. The summed E-state index contributed by atoms with van der Waals surface area (Å²) < 4.78 is 35.5. The molecule has 0 bridgehead atoms. The van der Waals surface area contributed by atoms with Crippen LogP contribution in [0.15, 0.2) is 52.5 Å². The zero-order valence-corrected chi connectivity index (χ0v) is 14.3. The van der Waals surface area contributed by atoms with Crippen LogP contribution in [0, 0.1) is 6.92 Å². The normalized spacial score (nSPS) is 14.3. The quantitative estimate of drug-likeness (QED) is 0.681. The van der Waals surface area contributed by atoms with E-state index < -0.39 is 10.0 Å². The number of nitrogens with one attached hydrogen (secondary N) is 1. The van der Waals surface area contributed by atoms with Gasteiger partial charge in [0.25, 0.3) is 10.0 Å². The molecule has 1 aliphatic heterocycles. The van der Waals surface area contributed by atoms with Crippen molar-refractivity contribution in [3.05, 3.63) is 53.6 Å². The Balaban J connectivity index is 1.79. The molecule has 0 fully saturated rings. The Morgan fingerprint density at radius 3 is 2.42 bits per heavy atom. The van der Waals surface area contributed by atoms with Crippen LogP contribution in [0.5, 0.6) is 11.5 Å². The maximum absolute atomic E-state index is 12.2. The largest absolute Gasteiger partial charge is 0.486 e. The molecule has 126 valence electrons. The fourth-order valence-electron chi connectivity index (χ4n) is 2.23. The first-order valence-corrected chi connectivity index (χ1v) is 8.97. The zero-order valence-electron chi connectivity index (χ0n) is 13.4. The number of hydrogen-bond donors (Lipinski definition) is 1. The van der Waals surface area contributed by atoms with E-state index in [9.17, 15) is 8.42 Å². The van der Waals surface area contributed by atoms with Crippen LogP contribution in [0.4, 0.5) is 0 Å². The molecule has 2 aromatic carbocycles. The molecule has 0 saturated heterocycles. The predicted molar refractivity (Wildman–Crippen MR) is 91.1 cm³/mol. The summed E-state index contributed by atoms with van der Waals surface area (Å²) >= 11 is 0. The van der Waals surface area contributed by atoms with Gasteiger partial charge in [-0.1, -0.05) is 17.7 Å². The van der Waals surface area contributed by atoms with E-state index in [4.69, 9.17) is 9.47 Å². The topological polar surface area (TPSA) is 77.0 Å². The molecule has 0 radical (unpaired) electrons. The predicted octanol–water partition coefficient (Wildman–Crippen LogP) is 2.47. The molecule has 1 N–H and O–H groups in total. The number of benzene rings is 2. The molecule has 0 aliphatic carbocycles. The number of fused-ring (bicyclic) bond motifs is 1. The maximum atomic E-state index is 12.2. The van der Waals surface area contributed by atoms with Gasteiger partial charge >= 0.3 is 0 Å². The van der Waals surface area contributed by atoms with Crippen molar-refractivity contribution in [2.45, 2.75) is 18.7 Å². The summed E-state index contributed by atoms with van der Waals surface area (Å²) in [6, 6.07) is 12.0. The minimum Gasteiger partial charge on any atom is -0.486 e. The van der Waals surface area contributed by atoms with E-state index >= 15 is 0 Å². The summed E-state index contributed by atoms with van der Waals surface area (Å²) in [4.78, 5) is 2.43. The van der Waals surface area contributed by atoms with Crippen molar-refractivity contribution in [2.75, 3.05) is 13.2 Å². The Morgan fingerprint density at radius 2 is 1.71 bits per heavy atom. The summed E-state index contributed by atoms with van der Waals surface area (Å²) in [5.74, 6) is 1.31. The molecule has 3 rings (SSSR count). The van der Waals surface area contributed by atoms with E-state index in [-0.39, 0.29) is 4.90 Å². The minimum atomic E-state index is -3.69. The second-order valence-electron chi connectivity index (χ2n) is 5.46. The van der Waals surface area contributed by atoms with Crippen LogP contribution in [0.3, 0.4) is 0 Å². The molecule has 6 nitrogen and oxygen atoms in total. The molecule has 0 saturated carbocycles. The SMILES string of the molecule is CC(=NNS(=O)(=O)c1ccc(C)cc1)c1ccc2c(c1)OCCO2. The number of hydrazone groups is 1. The summed E-state index contributed by atoms with van der Waals surface area (Å²) in [6.45, 7) is 4.64. The number of sulfonamides is 1. The van der Waals surface area contributed by atoms with E-state index in [0.717, 1.165) is 11.1 Å². The first-order valence-electron chi connectivity index (χ1n) is 7.48. The molecular formula is C17H18N2O4S. The molecule has 24 heavy (non-hydrogen) atoms. The number of ether oxygens (including phenoxy) is 2. The molecule has 7 heteroatoms. The van der Waals surface area contributed by atoms with Gasteiger partial charge in [0.05, 0.1) is 10.6 Å². The number of nitrogens with zero attached hydrogens (tertiary/aromatic N) is 1. The van der Waals surface area contributed by atoms with Gasteiger partial charge in [-0.3, -0.25) is 0 Å². The Labute approximate surface area is 141 Å². The second kappa shape index (κ2) is 6.52. The van der Waals surface area contributed by atoms with Gasteiger partial charge in [-0.15, -0.1) is 0 Å². The highest BCUT2D eigenvalue weighted by molar-refractivity contribution is 7.89. The summed E-state index contributed by atoms with van der Waals surface area (Å²) in [7, 11) is -3.69. The van der Waals surface area contributed by atoms with Gasteiger partial charge in [0.1, 0.15) is 13.2 Å². The number of aryl methyl sites for hydroxylation is 1. The molecule has 0 amide bonds. The van der Waals surface area contributed by atoms with Crippen molar-refractivity contribution >= 4 is 15.7 Å². The Kier molecular flexibility index (Phi) is 4.44. The lowest BCUT2D eigenvalue weighted by Gasteiger charge is -2.18. The molecule has 1 aliphatic rings. The van der Waals surface area contributed by atoms with Gasteiger partial charge in [0, 0.05) is 5.56 Å². The van der Waals surface area contributed by atoms with Crippen molar-refractivity contribution in [3.63, 3.8) is 0 Å². The van der Waals surface area contributed by atoms with E-state index in [1.807, 2.05) is 13.0 Å². The summed E-state index contributed by atoms with van der Waals surface area (Å²) in [6.07, 6.45) is 0. The molecule has 0 spiro atoms. The highest BCUT2D eigenvalue weighted by atomic mass is 32.2. The lowest BCUT2D eigenvalue weighted by atomic mass is 10.1. The van der Waals surface area contributed by atoms with E-state index in [1.165, 1.54) is 0 Å². The average Bonchev–Trinajstić information content (AvgIpc) is 2.59. The maximum Gasteiger partial charge on any atom is 0.276 e. The van der Waals surface area contributed by atoms with Crippen molar-refractivity contribution in [3.8, 4) is 11.5 Å². The Morgan fingerprint density at radius 1 is 1.04 bits per heavy atom. The third-order valence-electron chi connectivity index (χ3n) is 3.62. The highest BCUT2D eigenvalue weighted by Gasteiger charge is 2.15. The van der Waals surface area contributed by atoms with Crippen LogP contribution in [0.25, 0.3) is 0 Å². The van der Waals surface area contributed by atoms with Crippen molar-refractivity contribution in [1.29, 1.82) is 0 Å². The molecule has 0 unspecified atom stereocenters. The van der Waals surface area contributed by atoms with E-state index in [1.54, 1.807) is 43.3 Å². The van der Waals surface area contributed by atoms with Gasteiger partial charge < -0.3 is 9.47 Å². The van der Waals surface area contributed by atoms with Crippen LogP contribution in [0.2, 0.25) is 0 Å². The average molecular weight is 346 g/mol. The standard InChI is InChI=1S/C17H18N2O4S/c1-12-3-6-15(7-4-12)24(20,21)19-18-13(2)14-5-8-16-17(11-14)23-10-9-22-16/h3-8,11,19H,9-10H2,1-2H3. The lowest BCUT2D eigenvalue weighted by Crippen LogP contribution is -2.20. The Bertz CT molecular complexity index is 874. The molecule has 2 aromatic rings. The molecule has 0 atom stereocenters. The third kappa shape index (κ3) is 3.51. The van der Waals surface area contributed by atoms with Gasteiger partial charge in [-0.2, -0.15) is 18.4 Å². The van der Waals surface area contributed by atoms with Gasteiger partial charge in [0.2, 0.25) is 0 Å². The fourth-order valence-corrected chi connectivity index (χ4v) is 3.09. The smallest absolute Gasteiger partial charge is 0.276 e. The van der Waals surface area contributed by atoms with Crippen LogP contribution in [0.1, 0.15) is 18.1 Å². The van der Waals surface area contributed by atoms with Crippen LogP contribution >= 0.6 is 0 Å². The van der Waals surface area contributed by atoms with Crippen molar-refractivity contribution < 1.29 is 17.9 Å². The van der Waals surface area contributed by atoms with Crippen LogP contribution in [-0.4, -0.2) is 27.3 Å². The summed E-state index contributed by atoms with van der Waals surface area (Å²) in [5, 5.41) is 4.00. The monoisotopic (exact) mass is 346 g/mol.